The number of ether oxygens (including phenoxy) is 1. The first kappa shape index (κ1) is 19.2. The van der Waals surface area contributed by atoms with Gasteiger partial charge in [0.05, 0.1) is 5.38 Å². The third-order valence-corrected chi connectivity index (χ3v) is 5.12. The molecule has 0 saturated carbocycles. The van der Waals surface area contributed by atoms with Gasteiger partial charge in [-0.2, -0.15) is 0 Å². The highest BCUT2D eigenvalue weighted by Gasteiger charge is 2.52. The molecule has 2 aromatic rings. The van der Waals surface area contributed by atoms with Crippen molar-refractivity contribution < 1.29 is 14.6 Å². The number of halogens is 4. The minimum absolute atomic E-state index is 0.219. The summed E-state index contributed by atoms with van der Waals surface area (Å²) in [6, 6.07) is 12.8. The third-order valence-electron chi connectivity index (χ3n) is 3.48. The van der Waals surface area contributed by atoms with Crippen LogP contribution in [0.5, 0.6) is 5.75 Å². The Morgan fingerprint density at radius 2 is 1.67 bits per heavy atom. The number of aliphatic carboxylic acids is 1. The summed E-state index contributed by atoms with van der Waals surface area (Å²) in [6.07, 6.45) is 0. The van der Waals surface area contributed by atoms with Crippen molar-refractivity contribution in [1.82, 2.24) is 0 Å². The molecule has 0 aliphatic rings. The van der Waals surface area contributed by atoms with E-state index in [0.717, 1.165) is 0 Å². The van der Waals surface area contributed by atoms with Crippen molar-refractivity contribution in [2.45, 2.75) is 23.3 Å². The molecule has 24 heavy (non-hydrogen) atoms. The van der Waals surface area contributed by atoms with Crippen molar-refractivity contribution in [2.24, 2.45) is 0 Å². The minimum atomic E-state index is -1.96. The lowest BCUT2D eigenvalue weighted by Crippen LogP contribution is -2.52. The van der Waals surface area contributed by atoms with Gasteiger partial charge in [-0.05, 0) is 37.3 Å². The fraction of sp³-hybridized carbons (Fsp3) is 0.235. The molecule has 0 bridgehead atoms. The molecule has 2 rings (SSSR count). The SMILES string of the molecule is CC(Cl)C(Cl)C(Oc1ccc(Cl)cc1)(C(=O)O)c1ccccc1Cl. The van der Waals surface area contributed by atoms with Crippen LogP contribution in [0.3, 0.4) is 0 Å². The quantitative estimate of drug-likeness (QED) is 0.635. The predicted molar refractivity (Wildman–Crippen MR) is 97.8 cm³/mol. The van der Waals surface area contributed by atoms with Crippen LogP contribution in [0.4, 0.5) is 0 Å². The van der Waals surface area contributed by atoms with Crippen LogP contribution < -0.4 is 4.74 Å². The average Bonchev–Trinajstić information content (AvgIpc) is 2.54. The first-order valence-corrected chi connectivity index (χ1v) is 8.63. The zero-order chi connectivity index (χ0) is 17.9. The second kappa shape index (κ2) is 7.83. The summed E-state index contributed by atoms with van der Waals surface area (Å²) >= 11 is 24.6. The maximum Gasteiger partial charge on any atom is 0.354 e. The maximum atomic E-state index is 12.2. The first-order valence-electron chi connectivity index (χ1n) is 7.00. The molecule has 0 aliphatic heterocycles. The van der Waals surface area contributed by atoms with Crippen molar-refractivity contribution in [2.75, 3.05) is 0 Å². The molecule has 2 aromatic carbocycles. The van der Waals surface area contributed by atoms with Crippen LogP contribution >= 0.6 is 46.4 Å². The summed E-state index contributed by atoms with van der Waals surface area (Å²) < 4.78 is 5.85. The van der Waals surface area contributed by atoms with Crippen molar-refractivity contribution in [1.29, 1.82) is 0 Å². The summed E-state index contributed by atoms with van der Waals surface area (Å²) in [6.45, 7) is 1.60. The molecular weight excluding hydrogens is 394 g/mol. The molecule has 3 unspecified atom stereocenters. The Bertz CT molecular complexity index is 718. The van der Waals surface area contributed by atoms with E-state index < -0.39 is 22.3 Å². The fourth-order valence-electron chi connectivity index (χ4n) is 2.31. The molecule has 1 N–H and O–H groups in total. The standard InChI is InChI=1S/C17H14Cl4O3/c1-10(18)15(21)17(16(22)23,13-4-2-3-5-14(13)20)24-12-8-6-11(19)7-9-12/h2-10,15H,1H3,(H,22,23). The van der Waals surface area contributed by atoms with Crippen molar-refractivity contribution >= 4 is 52.4 Å². The van der Waals surface area contributed by atoms with Gasteiger partial charge in [-0.25, -0.2) is 4.79 Å². The molecule has 128 valence electrons. The number of alkyl halides is 2. The van der Waals surface area contributed by atoms with Gasteiger partial charge in [-0.3, -0.25) is 0 Å². The van der Waals surface area contributed by atoms with Crippen LogP contribution in [0.15, 0.2) is 48.5 Å². The van der Waals surface area contributed by atoms with Gasteiger partial charge in [-0.1, -0.05) is 41.4 Å². The second-order valence-corrected chi connectivity index (χ2v) is 7.16. The Hall–Kier alpha value is -1.13. The number of rotatable bonds is 6. The topological polar surface area (TPSA) is 46.5 Å². The van der Waals surface area contributed by atoms with Gasteiger partial charge in [-0.15, -0.1) is 23.2 Å². The van der Waals surface area contributed by atoms with Crippen molar-refractivity contribution in [3.63, 3.8) is 0 Å². The monoisotopic (exact) mass is 406 g/mol. The summed E-state index contributed by atoms with van der Waals surface area (Å²) in [4.78, 5) is 12.2. The number of hydrogen-bond donors (Lipinski definition) is 1. The minimum Gasteiger partial charge on any atom is -0.478 e. The molecule has 0 saturated heterocycles. The molecule has 0 aliphatic carbocycles. The van der Waals surface area contributed by atoms with Crippen LogP contribution in [0.25, 0.3) is 0 Å². The molecule has 0 radical (unpaired) electrons. The Morgan fingerprint density at radius 3 is 2.17 bits per heavy atom. The molecule has 7 heteroatoms. The van der Waals surface area contributed by atoms with Gasteiger partial charge in [0.15, 0.2) is 0 Å². The molecular formula is C17H14Cl4O3. The molecule has 0 aromatic heterocycles. The van der Waals surface area contributed by atoms with Crippen molar-refractivity contribution in [3.8, 4) is 5.75 Å². The molecule has 0 amide bonds. The first-order chi connectivity index (χ1) is 11.3. The Labute approximate surface area is 160 Å². The van der Waals surface area contributed by atoms with Crippen LogP contribution in [0, 0.1) is 0 Å². The smallest absolute Gasteiger partial charge is 0.354 e. The fourth-order valence-corrected chi connectivity index (χ4v) is 3.15. The zero-order valence-electron chi connectivity index (χ0n) is 12.5. The van der Waals surface area contributed by atoms with Crippen LogP contribution in [0.2, 0.25) is 10.0 Å². The van der Waals surface area contributed by atoms with Crippen LogP contribution in [-0.4, -0.2) is 21.8 Å². The maximum absolute atomic E-state index is 12.2. The van der Waals surface area contributed by atoms with E-state index in [1.807, 2.05) is 0 Å². The predicted octanol–water partition coefficient (Wildman–Crippen LogP) is 5.59. The van der Waals surface area contributed by atoms with E-state index in [-0.39, 0.29) is 16.3 Å². The zero-order valence-corrected chi connectivity index (χ0v) is 15.6. The van der Waals surface area contributed by atoms with Crippen molar-refractivity contribution in [3.05, 3.63) is 64.1 Å². The summed E-state index contributed by atoms with van der Waals surface area (Å²) in [5, 5.41) is 8.90. The van der Waals surface area contributed by atoms with E-state index >= 15 is 0 Å². The van der Waals surface area contributed by atoms with E-state index in [4.69, 9.17) is 51.1 Å². The average molecular weight is 408 g/mol. The number of benzene rings is 2. The van der Waals surface area contributed by atoms with Gasteiger partial charge in [0.2, 0.25) is 5.60 Å². The van der Waals surface area contributed by atoms with Crippen LogP contribution in [0.1, 0.15) is 12.5 Å². The number of carboxylic acid groups (broad SMARTS) is 1. The normalized spacial score (nSPS) is 16.0. The lowest BCUT2D eigenvalue weighted by Gasteiger charge is -2.36. The molecule has 3 nitrogen and oxygen atoms in total. The highest BCUT2D eigenvalue weighted by Crippen LogP contribution is 2.41. The Kier molecular flexibility index (Phi) is 6.27. The van der Waals surface area contributed by atoms with Gasteiger partial charge >= 0.3 is 5.97 Å². The van der Waals surface area contributed by atoms with Gasteiger partial charge in [0.25, 0.3) is 0 Å². The van der Waals surface area contributed by atoms with Gasteiger partial charge < -0.3 is 9.84 Å². The lowest BCUT2D eigenvalue weighted by atomic mass is 9.88. The third kappa shape index (κ3) is 3.75. The Balaban J connectivity index is 2.64. The van der Waals surface area contributed by atoms with Gasteiger partial charge in [0.1, 0.15) is 11.1 Å². The number of carbonyl (C=O) groups is 1. The van der Waals surface area contributed by atoms with E-state index in [2.05, 4.69) is 0 Å². The number of carboxylic acids is 1. The molecule has 0 spiro atoms. The highest BCUT2D eigenvalue weighted by molar-refractivity contribution is 6.33. The lowest BCUT2D eigenvalue weighted by molar-refractivity contribution is -0.156. The molecule has 0 fully saturated rings. The highest BCUT2D eigenvalue weighted by atomic mass is 35.5. The second-order valence-electron chi connectivity index (χ2n) is 5.16. The summed E-state index contributed by atoms with van der Waals surface area (Å²) in [5.41, 5.74) is -1.74. The largest absolute Gasteiger partial charge is 0.478 e. The van der Waals surface area contributed by atoms with Crippen LogP contribution in [-0.2, 0) is 10.4 Å². The van der Waals surface area contributed by atoms with E-state index in [0.29, 0.717) is 5.02 Å². The summed E-state index contributed by atoms with van der Waals surface area (Å²) in [7, 11) is 0. The van der Waals surface area contributed by atoms with Gasteiger partial charge in [0, 0.05) is 15.6 Å². The number of hydrogen-bond acceptors (Lipinski definition) is 2. The molecule has 3 atom stereocenters. The van der Waals surface area contributed by atoms with E-state index in [1.165, 1.54) is 0 Å². The molecule has 0 heterocycles. The van der Waals surface area contributed by atoms with E-state index in [1.54, 1.807) is 55.5 Å². The van der Waals surface area contributed by atoms with E-state index in [9.17, 15) is 9.90 Å². The summed E-state index contributed by atoms with van der Waals surface area (Å²) in [5.74, 6) is -1.01. The Morgan fingerprint density at radius 1 is 1.08 bits per heavy atom.